The van der Waals surface area contributed by atoms with Gasteiger partial charge in [0.25, 0.3) is 5.91 Å². The molecular weight excluding hydrogens is 418 g/mol. The van der Waals surface area contributed by atoms with Crippen molar-refractivity contribution in [1.82, 2.24) is 29.9 Å². The Kier molecular flexibility index (Phi) is 5.29. The van der Waals surface area contributed by atoms with Crippen LogP contribution in [0.4, 0.5) is 5.95 Å². The first-order chi connectivity index (χ1) is 15.1. The third-order valence-electron chi connectivity index (χ3n) is 5.56. The maximum atomic E-state index is 13.0. The van der Waals surface area contributed by atoms with Crippen LogP contribution in [0.2, 0.25) is 5.02 Å². The van der Waals surface area contributed by atoms with Gasteiger partial charge in [-0.1, -0.05) is 28.9 Å². The van der Waals surface area contributed by atoms with Gasteiger partial charge in [-0.3, -0.25) is 9.48 Å². The lowest BCUT2D eigenvalue weighted by molar-refractivity contribution is 0.0764. The van der Waals surface area contributed by atoms with Crippen molar-refractivity contribution in [2.24, 2.45) is 7.05 Å². The van der Waals surface area contributed by atoms with Crippen molar-refractivity contribution in [3.63, 3.8) is 0 Å². The second-order valence-corrected chi connectivity index (χ2v) is 8.25. The van der Waals surface area contributed by atoms with E-state index in [0.717, 1.165) is 42.9 Å². The van der Waals surface area contributed by atoms with Gasteiger partial charge in [0, 0.05) is 50.2 Å². The number of aromatic nitrogens is 5. The normalized spacial score (nSPS) is 16.6. The average Bonchev–Trinajstić information content (AvgIpc) is 3.33. The average molecular weight is 440 g/mol. The Morgan fingerprint density at radius 2 is 2.13 bits per heavy atom. The van der Waals surface area contributed by atoms with Crippen LogP contribution in [0.1, 0.15) is 34.5 Å². The lowest BCUT2D eigenvalue weighted by Gasteiger charge is -2.23. The summed E-state index contributed by atoms with van der Waals surface area (Å²) in [6, 6.07) is 6.05. The van der Waals surface area contributed by atoms with Crippen LogP contribution in [-0.2, 0) is 24.9 Å². The fourth-order valence-electron chi connectivity index (χ4n) is 3.96. The van der Waals surface area contributed by atoms with Crippen molar-refractivity contribution >= 4 is 23.5 Å². The van der Waals surface area contributed by atoms with Gasteiger partial charge in [-0.05, 0) is 24.5 Å². The summed E-state index contributed by atoms with van der Waals surface area (Å²) in [4.78, 5) is 23.7. The zero-order valence-electron chi connectivity index (χ0n) is 17.1. The Hall–Kier alpha value is -3.04. The van der Waals surface area contributed by atoms with E-state index in [0.29, 0.717) is 35.3 Å². The van der Waals surface area contributed by atoms with E-state index in [-0.39, 0.29) is 11.9 Å². The lowest BCUT2D eigenvalue weighted by atomic mass is 10.0. The first kappa shape index (κ1) is 19.9. The number of aryl methyl sites for hydroxylation is 1. The molecule has 160 valence electrons. The van der Waals surface area contributed by atoms with Crippen molar-refractivity contribution in [2.75, 3.05) is 18.5 Å². The Balaban J connectivity index is 1.38. The number of rotatable bonds is 5. The van der Waals surface area contributed by atoms with Crippen LogP contribution in [0, 0.1) is 0 Å². The predicted octanol–water partition coefficient (Wildman–Crippen LogP) is 2.67. The van der Waals surface area contributed by atoms with E-state index in [1.54, 1.807) is 22.8 Å². The molecule has 9 nitrogen and oxygen atoms in total. The van der Waals surface area contributed by atoms with E-state index in [4.69, 9.17) is 16.3 Å². The molecule has 2 aliphatic heterocycles. The summed E-state index contributed by atoms with van der Waals surface area (Å²) in [5.74, 6) is 0.496. The molecule has 1 aromatic carbocycles. The first-order valence-electron chi connectivity index (χ1n) is 10.2. The van der Waals surface area contributed by atoms with E-state index < -0.39 is 0 Å². The number of ether oxygens (including phenoxy) is 1. The number of nitrogens with one attached hydrogen (secondary N) is 1. The summed E-state index contributed by atoms with van der Waals surface area (Å²) < 4.78 is 7.03. The van der Waals surface area contributed by atoms with E-state index in [1.807, 2.05) is 24.4 Å². The van der Waals surface area contributed by atoms with Crippen molar-refractivity contribution in [3.8, 4) is 11.3 Å². The van der Waals surface area contributed by atoms with Crippen LogP contribution in [-0.4, -0.2) is 55.0 Å². The third-order valence-corrected chi connectivity index (χ3v) is 5.84. The molecule has 0 aliphatic carbocycles. The fourth-order valence-corrected chi connectivity index (χ4v) is 4.16. The van der Waals surface area contributed by atoms with Crippen LogP contribution in [0.5, 0.6) is 0 Å². The molecule has 0 bridgehead atoms. The topological polar surface area (TPSA) is 98.1 Å². The van der Waals surface area contributed by atoms with Crippen molar-refractivity contribution in [3.05, 3.63) is 52.4 Å². The molecule has 10 heteroatoms. The predicted molar refractivity (Wildman–Crippen MR) is 115 cm³/mol. The Labute approximate surface area is 184 Å². The summed E-state index contributed by atoms with van der Waals surface area (Å²) in [5, 5.41) is 11.8. The van der Waals surface area contributed by atoms with Crippen LogP contribution in [0.15, 0.2) is 30.6 Å². The molecule has 2 aromatic heterocycles. The highest BCUT2D eigenvalue weighted by Gasteiger charge is 2.28. The first-order valence-corrected chi connectivity index (χ1v) is 10.6. The lowest BCUT2D eigenvalue weighted by Crippen LogP contribution is -2.28. The zero-order chi connectivity index (χ0) is 21.4. The molecule has 3 aromatic rings. The standard InChI is InChI=1S/C21H22ClN7O2/c1-28-11-16(26-27-28)12-29-10-14-3-2-13(8-17(14)20(29)30)19-18(22)9-23-21(25-19)24-15-4-6-31-7-5-15/h2-3,8-9,11,15H,4-7,10,12H2,1H3,(H,23,24,25). The largest absolute Gasteiger partial charge is 0.381 e. The van der Waals surface area contributed by atoms with Gasteiger partial charge in [-0.25, -0.2) is 9.97 Å². The molecule has 0 unspecified atom stereocenters. The SMILES string of the molecule is Cn1cc(CN2Cc3ccc(-c4nc(NC5CCOCC5)ncc4Cl)cc3C2=O)nn1. The van der Waals surface area contributed by atoms with Gasteiger partial charge in [0.2, 0.25) is 5.95 Å². The number of carbonyl (C=O) groups excluding carboxylic acids is 1. The van der Waals surface area contributed by atoms with Gasteiger partial charge < -0.3 is 15.0 Å². The zero-order valence-corrected chi connectivity index (χ0v) is 17.8. The monoisotopic (exact) mass is 439 g/mol. The van der Waals surface area contributed by atoms with Gasteiger partial charge in [-0.15, -0.1) is 5.10 Å². The molecule has 31 heavy (non-hydrogen) atoms. The minimum Gasteiger partial charge on any atom is -0.381 e. The minimum atomic E-state index is -0.0340. The van der Waals surface area contributed by atoms with E-state index in [9.17, 15) is 4.79 Å². The molecule has 0 saturated carbocycles. The van der Waals surface area contributed by atoms with Crippen LogP contribution < -0.4 is 5.32 Å². The second kappa shape index (κ2) is 8.24. The summed E-state index contributed by atoms with van der Waals surface area (Å²) in [6.07, 6.45) is 5.24. The van der Waals surface area contributed by atoms with Crippen LogP contribution in [0.25, 0.3) is 11.3 Å². The van der Waals surface area contributed by atoms with Gasteiger partial charge in [-0.2, -0.15) is 0 Å². The number of hydrogen-bond acceptors (Lipinski definition) is 7. The van der Waals surface area contributed by atoms with Crippen LogP contribution >= 0.6 is 11.6 Å². The summed E-state index contributed by atoms with van der Waals surface area (Å²) in [7, 11) is 1.81. The number of carbonyl (C=O) groups is 1. The van der Waals surface area contributed by atoms with Crippen molar-refractivity contribution < 1.29 is 9.53 Å². The number of anilines is 1. The minimum absolute atomic E-state index is 0.0340. The second-order valence-electron chi connectivity index (χ2n) is 7.84. The molecule has 0 radical (unpaired) electrons. The summed E-state index contributed by atoms with van der Waals surface area (Å²) in [5.41, 5.74) is 3.79. The molecule has 0 spiro atoms. The Bertz CT molecular complexity index is 1130. The van der Waals surface area contributed by atoms with Crippen LogP contribution in [0.3, 0.4) is 0 Å². The molecule has 1 N–H and O–H groups in total. The molecular formula is C21H22ClN7O2. The Morgan fingerprint density at radius 3 is 2.90 bits per heavy atom. The van der Waals surface area contributed by atoms with E-state index in [1.165, 1.54) is 0 Å². The molecule has 1 amide bonds. The molecule has 4 heterocycles. The Morgan fingerprint density at radius 1 is 1.29 bits per heavy atom. The number of fused-ring (bicyclic) bond motifs is 1. The molecule has 5 rings (SSSR count). The fraction of sp³-hybridized carbons (Fsp3) is 0.381. The molecule has 1 saturated heterocycles. The number of amides is 1. The van der Waals surface area contributed by atoms with Gasteiger partial charge >= 0.3 is 0 Å². The number of benzene rings is 1. The maximum absolute atomic E-state index is 13.0. The highest BCUT2D eigenvalue weighted by atomic mass is 35.5. The molecule has 0 atom stereocenters. The van der Waals surface area contributed by atoms with Gasteiger partial charge in [0.1, 0.15) is 5.69 Å². The number of hydrogen-bond donors (Lipinski definition) is 1. The molecule has 1 fully saturated rings. The van der Waals surface area contributed by atoms with E-state index in [2.05, 4.69) is 25.6 Å². The number of nitrogens with zero attached hydrogens (tertiary/aromatic N) is 6. The summed E-state index contributed by atoms with van der Waals surface area (Å²) in [6.45, 7) is 2.43. The van der Waals surface area contributed by atoms with E-state index >= 15 is 0 Å². The molecule has 2 aliphatic rings. The smallest absolute Gasteiger partial charge is 0.254 e. The van der Waals surface area contributed by atoms with Crippen molar-refractivity contribution in [1.29, 1.82) is 0 Å². The maximum Gasteiger partial charge on any atom is 0.254 e. The highest BCUT2D eigenvalue weighted by Crippen LogP contribution is 2.32. The third kappa shape index (κ3) is 4.11. The van der Waals surface area contributed by atoms with Crippen molar-refractivity contribution in [2.45, 2.75) is 32.0 Å². The number of halogens is 1. The summed E-state index contributed by atoms with van der Waals surface area (Å²) >= 11 is 6.41. The van der Waals surface area contributed by atoms with Gasteiger partial charge in [0.15, 0.2) is 0 Å². The highest BCUT2D eigenvalue weighted by molar-refractivity contribution is 6.33. The van der Waals surface area contributed by atoms with Gasteiger partial charge in [0.05, 0.1) is 23.5 Å². The quantitative estimate of drug-likeness (QED) is 0.652.